The zero-order valence-electron chi connectivity index (χ0n) is 15.9. The van der Waals surface area contributed by atoms with Crippen LogP contribution in [0.4, 0.5) is 0 Å². The minimum atomic E-state index is 0.121. The molecule has 1 aliphatic rings. The largest absolute Gasteiger partial charge is 0.348 e. The predicted octanol–water partition coefficient (Wildman–Crippen LogP) is 2.27. The molecule has 4 aromatic rings. The number of pyridine rings is 1. The second kappa shape index (κ2) is 6.72. The Hall–Kier alpha value is -3.26. The first-order valence-electron chi connectivity index (χ1n) is 9.41. The van der Waals surface area contributed by atoms with Crippen LogP contribution >= 0.6 is 0 Å². The first-order chi connectivity index (χ1) is 13.7. The molecule has 8 nitrogen and oxygen atoms in total. The third-order valence-electron chi connectivity index (χ3n) is 5.56. The number of aromatic amines is 1. The van der Waals surface area contributed by atoms with E-state index in [0.717, 1.165) is 30.9 Å². The van der Waals surface area contributed by atoms with Crippen LogP contribution in [0.1, 0.15) is 39.9 Å². The average molecular weight is 374 g/mol. The van der Waals surface area contributed by atoms with Crippen LogP contribution in [0.25, 0.3) is 0 Å². The average Bonchev–Trinajstić information content (AvgIpc) is 3.44. The molecular weight excluding hydrogens is 352 g/mol. The van der Waals surface area contributed by atoms with E-state index in [-0.39, 0.29) is 6.04 Å². The second-order valence-electron chi connectivity index (χ2n) is 7.22. The van der Waals surface area contributed by atoms with Crippen molar-refractivity contribution in [3.63, 3.8) is 0 Å². The van der Waals surface area contributed by atoms with E-state index in [1.54, 1.807) is 19.0 Å². The number of hydrogen-bond donors (Lipinski definition) is 1. The van der Waals surface area contributed by atoms with E-state index >= 15 is 0 Å². The summed E-state index contributed by atoms with van der Waals surface area (Å²) in [6.07, 6.45) is 9.93. The zero-order chi connectivity index (χ0) is 19.1. The van der Waals surface area contributed by atoms with Gasteiger partial charge < -0.3 is 4.98 Å². The van der Waals surface area contributed by atoms with E-state index in [4.69, 9.17) is 0 Å². The molecule has 4 aromatic heterocycles. The Morgan fingerprint density at radius 1 is 1.14 bits per heavy atom. The van der Waals surface area contributed by atoms with Gasteiger partial charge in [-0.1, -0.05) is 0 Å². The Morgan fingerprint density at radius 3 is 2.71 bits per heavy atom. The van der Waals surface area contributed by atoms with Crippen LogP contribution < -0.4 is 0 Å². The van der Waals surface area contributed by atoms with E-state index in [9.17, 15) is 0 Å². The molecule has 0 saturated heterocycles. The Labute approximate surface area is 162 Å². The number of H-pyrrole nitrogens is 1. The van der Waals surface area contributed by atoms with E-state index in [1.165, 1.54) is 22.5 Å². The van der Waals surface area contributed by atoms with Crippen molar-refractivity contribution in [2.24, 2.45) is 0 Å². The van der Waals surface area contributed by atoms with Crippen molar-refractivity contribution in [3.05, 3.63) is 83.5 Å². The summed E-state index contributed by atoms with van der Waals surface area (Å²) in [7, 11) is 0. The molecule has 5 rings (SSSR count). The molecule has 1 unspecified atom stereocenters. The first-order valence-corrected chi connectivity index (χ1v) is 9.41. The van der Waals surface area contributed by atoms with Crippen LogP contribution in [0.5, 0.6) is 0 Å². The van der Waals surface area contributed by atoms with Gasteiger partial charge in [0.1, 0.15) is 12.7 Å². The van der Waals surface area contributed by atoms with E-state index in [1.807, 2.05) is 17.1 Å². The monoisotopic (exact) mass is 374 g/mol. The number of aryl methyl sites for hydroxylation is 1. The molecule has 8 heteroatoms. The molecule has 0 spiro atoms. The van der Waals surface area contributed by atoms with Crippen LogP contribution in [0.15, 0.2) is 49.6 Å². The molecule has 0 amide bonds. The molecule has 5 heterocycles. The molecule has 0 aliphatic carbocycles. The smallest absolute Gasteiger partial charge is 0.139 e. The Kier molecular flexibility index (Phi) is 4.05. The molecule has 1 atom stereocenters. The van der Waals surface area contributed by atoms with E-state index in [0.29, 0.717) is 0 Å². The third kappa shape index (κ3) is 2.73. The maximum Gasteiger partial charge on any atom is 0.139 e. The topological polar surface area (TPSA) is 80.5 Å². The number of aromatic nitrogens is 7. The van der Waals surface area contributed by atoms with Crippen molar-refractivity contribution in [3.8, 4) is 0 Å². The Bertz CT molecular complexity index is 1080. The van der Waals surface area contributed by atoms with Gasteiger partial charge in [0.2, 0.25) is 0 Å². The summed E-state index contributed by atoms with van der Waals surface area (Å²) in [5.74, 6) is 0. The fourth-order valence-corrected chi connectivity index (χ4v) is 4.26. The molecule has 1 aliphatic heterocycles. The quantitative estimate of drug-likeness (QED) is 0.593. The molecule has 142 valence electrons. The summed E-state index contributed by atoms with van der Waals surface area (Å²) in [5, 5.41) is 7.88. The van der Waals surface area contributed by atoms with Crippen molar-refractivity contribution < 1.29 is 0 Å². The van der Waals surface area contributed by atoms with Crippen molar-refractivity contribution in [2.75, 3.05) is 6.54 Å². The summed E-state index contributed by atoms with van der Waals surface area (Å²) < 4.78 is 4.05. The summed E-state index contributed by atoms with van der Waals surface area (Å²) in [6.45, 7) is 6.08. The lowest BCUT2D eigenvalue weighted by Crippen LogP contribution is -2.36. The van der Waals surface area contributed by atoms with Gasteiger partial charge in [-0.3, -0.25) is 14.6 Å². The van der Waals surface area contributed by atoms with Gasteiger partial charge in [-0.2, -0.15) is 0 Å². The summed E-state index contributed by atoms with van der Waals surface area (Å²) in [4.78, 5) is 14.6. The fourth-order valence-electron chi connectivity index (χ4n) is 4.26. The lowest BCUT2D eigenvalue weighted by molar-refractivity contribution is 0.199. The van der Waals surface area contributed by atoms with Gasteiger partial charge in [0.05, 0.1) is 18.1 Å². The van der Waals surface area contributed by atoms with Crippen molar-refractivity contribution in [1.82, 2.24) is 39.4 Å². The lowest BCUT2D eigenvalue weighted by atomic mass is 9.96. The number of nitrogens with zero attached hydrogens (tertiary/aromatic N) is 7. The second-order valence-corrected chi connectivity index (χ2v) is 7.22. The SMILES string of the molecule is Cc1cc(CN2CCc3[nH]cnc3C2c2ccncc2)c(C)n1-n1cnnc1. The first kappa shape index (κ1) is 16.9. The van der Waals surface area contributed by atoms with Gasteiger partial charge >= 0.3 is 0 Å². The minimum absolute atomic E-state index is 0.121. The van der Waals surface area contributed by atoms with Gasteiger partial charge in [0, 0.05) is 49.0 Å². The van der Waals surface area contributed by atoms with Crippen molar-refractivity contribution >= 4 is 0 Å². The number of hydrogen-bond acceptors (Lipinski definition) is 5. The van der Waals surface area contributed by atoms with Gasteiger partial charge in [0.25, 0.3) is 0 Å². The van der Waals surface area contributed by atoms with Crippen LogP contribution in [-0.2, 0) is 13.0 Å². The van der Waals surface area contributed by atoms with Gasteiger partial charge in [-0.15, -0.1) is 10.2 Å². The maximum atomic E-state index is 4.65. The predicted molar refractivity (Wildman–Crippen MR) is 104 cm³/mol. The molecule has 1 N–H and O–H groups in total. The van der Waals surface area contributed by atoms with Gasteiger partial charge in [-0.25, -0.2) is 9.66 Å². The molecule has 0 aromatic carbocycles. The number of nitrogens with one attached hydrogen (secondary N) is 1. The molecule has 0 saturated carbocycles. The third-order valence-corrected chi connectivity index (χ3v) is 5.56. The van der Waals surface area contributed by atoms with Crippen LogP contribution in [-0.4, -0.2) is 45.9 Å². The highest BCUT2D eigenvalue weighted by Crippen LogP contribution is 2.34. The van der Waals surface area contributed by atoms with Crippen LogP contribution in [0.2, 0.25) is 0 Å². The zero-order valence-corrected chi connectivity index (χ0v) is 15.9. The van der Waals surface area contributed by atoms with E-state index < -0.39 is 0 Å². The highest BCUT2D eigenvalue weighted by molar-refractivity contribution is 5.33. The van der Waals surface area contributed by atoms with Gasteiger partial charge in [-0.05, 0) is 43.2 Å². The molecule has 0 fully saturated rings. The summed E-state index contributed by atoms with van der Waals surface area (Å²) in [6, 6.07) is 6.54. The van der Waals surface area contributed by atoms with Crippen LogP contribution in [0, 0.1) is 13.8 Å². The van der Waals surface area contributed by atoms with Gasteiger partial charge in [0.15, 0.2) is 0 Å². The Morgan fingerprint density at radius 2 is 1.93 bits per heavy atom. The van der Waals surface area contributed by atoms with E-state index in [2.05, 4.69) is 66.8 Å². The van der Waals surface area contributed by atoms with Crippen LogP contribution in [0.3, 0.4) is 0 Å². The normalized spacial score (nSPS) is 17.0. The summed E-state index contributed by atoms with van der Waals surface area (Å²) >= 11 is 0. The minimum Gasteiger partial charge on any atom is -0.348 e. The summed E-state index contributed by atoms with van der Waals surface area (Å²) in [5.41, 5.74) is 7.21. The highest BCUT2D eigenvalue weighted by atomic mass is 15.5. The number of fused-ring (bicyclic) bond motifs is 1. The lowest BCUT2D eigenvalue weighted by Gasteiger charge is -2.35. The fraction of sp³-hybridized carbons (Fsp3) is 0.300. The van der Waals surface area contributed by atoms with Crippen molar-refractivity contribution in [2.45, 2.75) is 32.9 Å². The van der Waals surface area contributed by atoms with Crippen molar-refractivity contribution in [1.29, 1.82) is 0 Å². The molecular formula is C20H22N8. The highest BCUT2D eigenvalue weighted by Gasteiger charge is 2.31. The number of rotatable bonds is 4. The molecule has 0 radical (unpaired) electrons. The Balaban J connectivity index is 1.52. The standard InChI is InChI=1S/C20H22N8/c1-14-9-17(15(2)28(14)27-12-24-25-13-27)10-26-8-5-18-19(23-11-22-18)20(26)16-3-6-21-7-4-16/h3-4,6-7,9,11-13,20H,5,8,10H2,1-2H3,(H,22,23). The maximum absolute atomic E-state index is 4.65. The number of imidazole rings is 1. The molecule has 0 bridgehead atoms. The molecule has 28 heavy (non-hydrogen) atoms.